The van der Waals surface area contributed by atoms with Crippen molar-refractivity contribution >= 4 is 5.97 Å². The van der Waals surface area contributed by atoms with Crippen molar-refractivity contribution in [1.29, 1.82) is 0 Å². The molecule has 0 amide bonds. The van der Waals surface area contributed by atoms with E-state index < -0.39 is 0 Å². The van der Waals surface area contributed by atoms with Gasteiger partial charge in [-0.3, -0.25) is 4.79 Å². The number of carbonyl (C=O) groups is 1. The third-order valence-corrected chi connectivity index (χ3v) is 3.19. The van der Waals surface area contributed by atoms with E-state index in [1.54, 1.807) is 12.1 Å². The van der Waals surface area contributed by atoms with Crippen LogP contribution in [0.1, 0.15) is 25.3 Å². The lowest BCUT2D eigenvalue weighted by Crippen LogP contribution is -2.10. The first-order chi connectivity index (χ1) is 11.2. The van der Waals surface area contributed by atoms with Crippen molar-refractivity contribution in [2.45, 2.75) is 26.7 Å². The first kappa shape index (κ1) is 16.9. The van der Waals surface area contributed by atoms with Crippen LogP contribution in [0.15, 0.2) is 48.5 Å². The molecule has 0 fully saturated rings. The monoisotopic (exact) mass is 314 g/mol. The van der Waals surface area contributed by atoms with Gasteiger partial charge in [0.15, 0.2) is 11.5 Å². The number of rotatable bonds is 8. The van der Waals surface area contributed by atoms with Crippen molar-refractivity contribution < 1.29 is 19.0 Å². The van der Waals surface area contributed by atoms with Crippen molar-refractivity contribution in [3.8, 4) is 17.2 Å². The van der Waals surface area contributed by atoms with Gasteiger partial charge in [0.25, 0.3) is 0 Å². The zero-order valence-electron chi connectivity index (χ0n) is 13.6. The van der Waals surface area contributed by atoms with Gasteiger partial charge in [0, 0.05) is 6.42 Å². The fourth-order valence-corrected chi connectivity index (χ4v) is 2.02. The van der Waals surface area contributed by atoms with Crippen LogP contribution in [0.3, 0.4) is 0 Å². The van der Waals surface area contributed by atoms with Crippen molar-refractivity contribution in [2.24, 2.45) is 0 Å². The first-order valence-electron chi connectivity index (χ1n) is 7.81. The lowest BCUT2D eigenvalue weighted by molar-refractivity contribution is -0.134. The van der Waals surface area contributed by atoms with Gasteiger partial charge in [-0.1, -0.05) is 29.8 Å². The molecule has 2 aromatic carbocycles. The third-order valence-electron chi connectivity index (χ3n) is 3.19. The van der Waals surface area contributed by atoms with Gasteiger partial charge in [0.1, 0.15) is 5.75 Å². The summed E-state index contributed by atoms with van der Waals surface area (Å²) >= 11 is 0. The van der Waals surface area contributed by atoms with Crippen LogP contribution in [-0.4, -0.2) is 19.2 Å². The fourth-order valence-electron chi connectivity index (χ4n) is 2.02. The van der Waals surface area contributed by atoms with Crippen LogP contribution in [0, 0.1) is 6.92 Å². The highest BCUT2D eigenvalue weighted by atomic mass is 16.6. The SMILES string of the molecule is CCOc1ccccc1OC(=O)CCCOc1ccc(C)cc1. The second-order valence-electron chi connectivity index (χ2n) is 5.12. The van der Waals surface area contributed by atoms with Crippen LogP contribution in [0.2, 0.25) is 0 Å². The van der Waals surface area contributed by atoms with Crippen molar-refractivity contribution in [3.63, 3.8) is 0 Å². The minimum atomic E-state index is -0.287. The lowest BCUT2D eigenvalue weighted by atomic mass is 10.2. The molecule has 0 N–H and O–H groups in total. The zero-order chi connectivity index (χ0) is 16.5. The number of esters is 1. The van der Waals surface area contributed by atoms with E-state index in [0.717, 1.165) is 5.75 Å². The fraction of sp³-hybridized carbons (Fsp3) is 0.316. The van der Waals surface area contributed by atoms with Crippen LogP contribution in [-0.2, 0) is 4.79 Å². The Morgan fingerprint density at radius 2 is 1.65 bits per heavy atom. The molecular formula is C19H22O4. The van der Waals surface area contributed by atoms with Gasteiger partial charge in [0.05, 0.1) is 13.2 Å². The number of ether oxygens (including phenoxy) is 3. The summed E-state index contributed by atoms with van der Waals surface area (Å²) in [4.78, 5) is 11.9. The minimum absolute atomic E-state index is 0.287. The summed E-state index contributed by atoms with van der Waals surface area (Å²) < 4.78 is 16.4. The summed E-state index contributed by atoms with van der Waals surface area (Å²) in [6.45, 7) is 4.92. The van der Waals surface area contributed by atoms with E-state index >= 15 is 0 Å². The predicted molar refractivity (Wildman–Crippen MR) is 89.2 cm³/mol. The normalized spacial score (nSPS) is 10.2. The summed E-state index contributed by atoms with van der Waals surface area (Å²) in [5.41, 5.74) is 1.19. The molecule has 2 aromatic rings. The summed E-state index contributed by atoms with van der Waals surface area (Å²) in [6.07, 6.45) is 0.899. The molecule has 4 heteroatoms. The Balaban J connectivity index is 1.74. The molecule has 0 atom stereocenters. The topological polar surface area (TPSA) is 44.8 Å². The van der Waals surface area contributed by atoms with Crippen molar-refractivity contribution in [3.05, 3.63) is 54.1 Å². The molecule has 0 spiro atoms. The number of aryl methyl sites for hydroxylation is 1. The molecule has 0 bridgehead atoms. The first-order valence-corrected chi connectivity index (χ1v) is 7.81. The van der Waals surface area contributed by atoms with Crippen molar-refractivity contribution in [2.75, 3.05) is 13.2 Å². The van der Waals surface area contributed by atoms with Crippen LogP contribution in [0.25, 0.3) is 0 Å². The van der Waals surface area contributed by atoms with E-state index in [2.05, 4.69) is 0 Å². The molecule has 0 unspecified atom stereocenters. The Hall–Kier alpha value is -2.49. The molecule has 122 valence electrons. The predicted octanol–water partition coefficient (Wildman–Crippen LogP) is 4.16. The average molecular weight is 314 g/mol. The highest BCUT2D eigenvalue weighted by Gasteiger charge is 2.09. The molecule has 23 heavy (non-hydrogen) atoms. The van der Waals surface area contributed by atoms with Gasteiger partial charge in [0.2, 0.25) is 0 Å². The summed E-state index contributed by atoms with van der Waals surface area (Å²) in [6, 6.07) is 15.0. The molecule has 0 aliphatic carbocycles. The average Bonchev–Trinajstić information content (AvgIpc) is 2.55. The van der Waals surface area contributed by atoms with Gasteiger partial charge < -0.3 is 14.2 Å². The molecule has 0 aliphatic heterocycles. The highest BCUT2D eigenvalue weighted by Crippen LogP contribution is 2.26. The maximum absolute atomic E-state index is 11.9. The number of benzene rings is 2. The number of para-hydroxylation sites is 2. The van der Waals surface area contributed by atoms with E-state index in [1.807, 2.05) is 50.2 Å². The molecule has 4 nitrogen and oxygen atoms in total. The Morgan fingerprint density at radius 1 is 0.957 bits per heavy atom. The lowest BCUT2D eigenvalue weighted by Gasteiger charge is -2.10. The second-order valence-corrected chi connectivity index (χ2v) is 5.12. The van der Waals surface area contributed by atoms with Gasteiger partial charge >= 0.3 is 5.97 Å². The molecule has 0 saturated carbocycles. The number of carbonyl (C=O) groups excluding carboxylic acids is 1. The van der Waals surface area contributed by atoms with Gasteiger partial charge in [-0.15, -0.1) is 0 Å². The van der Waals surface area contributed by atoms with Crippen LogP contribution < -0.4 is 14.2 Å². The largest absolute Gasteiger partial charge is 0.494 e. The molecule has 0 radical (unpaired) electrons. The summed E-state index contributed by atoms with van der Waals surface area (Å²) in [5.74, 6) is 1.56. The molecule has 0 aromatic heterocycles. The van der Waals surface area contributed by atoms with E-state index in [0.29, 0.717) is 37.6 Å². The minimum Gasteiger partial charge on any atom is -0.494 e. The number of hydrogen-bond acceptors (Lipinski definition) is 4. The quantitative estimate of drug-likeness (QED) is 0.417. The van der Waals surface area contributed by atoms with Gasteiger partial charge in [-0.05, 0) is 44.5 Å². The Bertz CT molecular complexity index is 620. The summed E-state index contributed by atoms with van der Waals surface area (Å²) in [7, 11) is 0. The van der Waals surface area contributed by atoms with Crippen molar-refractivity contribution in [1.82, 2.24) is 0 Å². The smallest absolute Gasteiger partial charge is 0.311 e. The second kappa shape index (κ2) is 8.83. The van der Waals surface area contributed by atoms with E-state index in [1.165, 1.54) is 5.56 Å². The third kappa shape index (κ3) is 5.66. The highest BCUT2D eigenvalue weighted by molar-refractivity contribution is 5.73. The number of hydrogen-bond donors (Lipinski definition) is 0. The molecule has 2 rings (SSSR count). The Labute approximate surface area is 137 Å². The van der Waals surface area contributed by atoms with Gasteiger partial charge in [-0.2, -0.15) is 0 Å². The zero-order valence-corrected chi connectivity index (χ0v) is 13.6. The van der Waals surface area contributed by atoms with E-state index in [-0.39, 0.29) is 5.97 Å². The molecular weight excluding hydrogens is 292 g/mol. The van der Waals surface area contributed by atoms with Crippen LogP contribution in [0.4, 0.5) is 0 Å². The maximum atomic E-state index is 11.9. The Morgan fingerprint density at radius 3 is 2.35 bits per heavy atom. The van der Waals surface area contributed by atoms with E-state index in [9.17, 15) is 4.79 Å². The Kier molecular flexibility index (Phi) is 6.48. The molecule has 0 saturated heterocycles. The van der Waals surface area contributed by atoms with Gasteiger partial charge in [-0.25, -0.2) is 0 Å². The standard InChI is InChI=1S/C19H22O4/c1-3-21-17-7-4-5-8-18(17)23-19(20)9-6-14-22-16-12-10-15(2)11-13-16/h4-5,7-8,10-13H,3,6,9,14H2,1-2H3. The molecule has 0 heterocycles. The van der Waals surface area contributed by atoms with E-state index in [4.69, 9.17) is 14.2 Å². The maximum Gasteiger partial charge on any atom is 0.311 e. The van der Waals surface area contributed by atoms with Crippen LogP contribution in [0.5, 0.6) is 17.2 Å². The molecule has 0 aliphatic rings. The van der Waals surface area contributed by atoms with Crippen LogP contribution >= 0.6 is 0 Å². The summed E-state index contributed by atoms with van der Waals surface area (Å²) in [5, 5.41) is 0.